The quantitative estimate of drug-likeness (QED) is 0.676. The van der Waals surface area contributed by atoms with E-state index in [1.54, 1.807) is 10.9 Å². The average Bonchev–Trinajstić information content (AvgIpc) is 3.36. The lowest BCUT2D eigenvalue weighted by Crippen LogP contribution is -2.40. The first kappa shape index (κ1) is 18.9. The van der Waals surface area contributed by atoms with Crippen LogP contribution in [0.3, 0.4) is 0 Å². The van der Waals surface area contributed by atoms with Crippen molar-refractivity contribution in [2.24, 2.45) is 0 Å². The van der Waals surface area contributed by atoms with Crippen LogP contribution in [0.1, 0.15) is 61.6 Å². The van der Waals surface area contributed by atoms with E-state index >= 15 is 0 Å². The summed E-state index contributed by atoms with van der Waals surface area (Å²) < 4.78 is 1.70. The van der Waals surface area contributed by atoms with Crippen LogP contribution in [0.2, 0.25) is 0 Å². The number of carbonyl (C=O) groups is 2. The summed E-state index contributed by atoms with van der Waals surface area (Å²) in [6.45, 7) is 5.38. The Morgan fingerprint density at radius 1 is 1.27 bits per heavy atom. The van der Waals surface area contributed by atoms with Gasteiger partial charge >= 0.3 is 0 Å². The lowest BCUT2D eigenvalue weighted by Gasteiger charge is -2.28. The summed E-state index contributed by atoms with van der Waals surface area (Å²) in [6.07, 6.45) is 3.68. The summed E-state index contributed by atoms with van der Waals surface area (Å²) in [4.78, 5) is 32.5. The molecule has 1 aliphatic carbocycles. The van der Waals surface area contributed by atoms with Crippen LogP contribution >= 0.6 is 11.3 Å². The van der Waals surface area contributed by atoms with Gasteiger partial charge in [0.25, 0.3) is 11.8 Å². The first-order valence-electron chi connectivity index (χ1n) is 9.93. The van der Waals surface area contributed by atoms with Gasteiger partial charge in [-0.15, -0.1) is 10.2 Å². The third-order valence-electron chi connectivity index (χ3n) is 5.49. The predicted molar refractivity (Wildman–Crippen MR) is 111 cm³/mol. The van der Waals surface area contributed by atoms with Gasteiger partial charge in [0.2, 0.25) is 5.13 Å². The highest BCUT2D eigenvalue weighted by atomic mass is 32.1. The highest BCUT2D eigenvalue weighted by Gasteiger charge is 2.40. The molecule has 0 radical (unpaired) electrons. The Bertz CT molecular complexity index is 1150. The van der Waals surface area contributed by atoms with Crippen LogP contribution in [0.4, 0.5) is 5.13 Å². The van der Waals surface area contributed by atoms with Crippen LogP contribution in [-0.2, 0) is 13.1 Å². The SMILES string of the molecule is Cc1nnc(NC(=O)c2nn3c(c2C2CC2)C(=O)N(Cc2cccnc2C)CC3)s1. The number of hydrogen-bond donors (Lipinski definition) is 1. The fourth-order valence-electron chi connectivity index (χ4n) is 3.80. The number of amides is 2. The third-order valence-corrected chi connectivity index (χ3v) is 6.24. The van der Waals surface area contributed by atoms with E-state index in [9.17, 15) is 9.59 Å². The zero-order valence-corrected chi connectivity index (χ0v) is 17.6. The molecule has 154 valence electrons. The summed E-state index contributed by atoms with van der Waals surface area (Å²) >= 11 is 1.31. The molecule has 5 rings (SSSR count). The molecule has 1 saturated carbocycles. The van der Waals surface area contributed by atoms with Gasteiger partial charge in [-0.3, -0.25) is 24.6 Å². The molecule has 0 aromatic carbocycles. The molecule has 0 unspecified atom stereocenters. The van der Waals surface area contributed by atoms with Crippen LogP contribution in [0.15, 0.2) is 18.3 Å². The maximum absolute atomic E-state index is 13.4. The fraction of sp³-hybridized carbons (Fsp3) is 0.400. The second kappa shape index (κ2) is 7.28. The Morgan fingerprint density at radius 2 is 2.10 bits per heavy atom. The van der Waals surface area contributed by atoms with Crippen molar-refractivity contribution in [2.75, 3.05) is 11.9 Å². The van der Waals surface area contributed by atoms with E-state index in [0.29, 0.717) is 36.2 Å². The van der Waals surface area contributed by atoms with Gasteiger partial charge in [0.05, 0.1) is 6.54 Å². The van der Waals surface area contributed by atoms with E-state index in [1.807, 2.05) is 30.9 Å². The van der Waals surface area contributed by atoms with E-state index in [2.05, 4.69) is 25.6 Å². The molecule has 3 aromatic heterocycles. The molecule has 2 aliphatic rings. The number of aryl methyl sites for hydroxylation is 2. The van der Waals surface area contributed by atoms with Crippen molar-refractivity contribution in [3.8, 4) is 0 Å². The van der Waals surface area contributed by atoms with Crippen molar-refractivity contribution in [1.29, 1.82) is 0 Å². The number of nitrogens with one attached hydrogen (secondary N) is 1. The zero-order chi connectivity index (χ0) is 20.8. The number of nitrogens with zero attached hydrogens (tertiary/aromatic N) is 6. The van der Waals surface area contributed by atoms with Gasteiger partial charge < -0.3 is 4.90 Å². The van der Waals surface area contributed by atoms with Gasteiger partial charge in [0.15, 0.2) is 5.69 Å². The Morgan fingerprint density at radius 3 is 2.80 bits per heavy atom. The Labute approximate surface area is 177 Å². The normalized spacial score (nSPS) is 15.9. The van der Waals surface area contributed by atoms with Crippen molar-refractivity contribution in [1.82, 2.24) is 29.9 Å². The molecular formula is C20H21N7O2S. The minimum Gasteiger partial charge on any atom is -0.331 e. The second-order valence-electron chi connectivity index (χ2n) is 7.66. The van der Waals surface area contributed by atoms with Crippen LogP contribution in [-0.4, -0.2) is 48.2 Å². The smallest absolute Gasteiger partial charge is 0.278 e. The van der Waals surface area contributed by atoms with E-state index in [-0.39, 0.29) is 17.7 Å². The molecule has 30 heavy (non-hydrogen) atoms. The van der Waals surface area contributed by atoms with E-state index in [4.69, 9.17) is 0 Å². The second-order valence-corrected chi connectivity index (χ2v) is 8.84. The predicted octanol–water partition coefficient (Wildman–Crippen LogP) is 2.53. The highest BCUT2D eigenvalue weighted by Crippen LogP contribution is 2.44. The number of hydrogen-bond acceptors (Lipinski definition) is 7. The maximum Gasteiger partial charge on any atom is 0.278 e. The third kappa shape index (κ3) is 3.36. The van der Waals surface area contributed by atoms with Gasteiger partial charge in [-0.1, -0.05) is 17.4 Å². The van der Waals surface area contributed by atoms with Gasteiger partial charge in [0.1, 0.15) is 10.7 Å². The first-order chi connectivity index (χ1) is 14.5. The fourth-order valence-corrected chi connectivity index (χ4v) is 4.39. The van der Waals surface area contributed by atoms with E-state index < -0.39 is 0 Å². The maximum atomic E-state index is 13.4. The van der Waals surface area contributed by atoms with E-state index in [0.717, 1.165) is 34.7 Å². The van der Waals surface area contributed by atoms with Crippen molar-refractivity contribution in [2.45, 2.75) is 45.7 Å². The van der Waals surface area contributed by atoms with E-state index in [1.165, 1.54) is 11.3 Å². The summed E-state index contributed by atoms with van der Waals surface area (Å²) in [5.41, 5.74) is 3.58. The van der Waals surface area contributed by atoms with Gasteiger partial charge in [-0.25, -0.2) is 0 Å². The molecule has 3 aromatic rings. The molecule has 1 aliphatic heterocycles. The largest absolute Gasteiger partial charge is 0.331 e. The van der Waals surface area contributed by atoms with Gasteiger partial charge in [-0.05, 0) is 44.2 Å². The first-order valence-corrected chi connectivity index (χ1v) is 10.7. The molecule has 0 bridgehead atoms. The van der Waals surface area contributed by atoms with Crippen molar-refractivity contribution in [3.05, 3.63) is 51.5 Å². The van der Waals surface area contributed by atoms with Gasteiger partial charge in [-0.2, -0.15) is 5.10 Å². The van der Waals surface area contributed by atoms with Crippen molar-refractivity contribution < 1.29 is 9.59 Å². The number of fused-ring (bicyclic) bond motifs is 1. The number of aromatic nitrogens is 5. The monoisotopic (exact) mass is 423 g/mol. The molecule has 0 saturated heterocycles. The van der Waals surface area contributed by atoms with Crippen molar-refractivity contribution in [3.63, 3.8) is 0 Å². The van der Waals surface area contributed by atoms with Gasteiger partial charge in [0, 0.05) is 30.5 Å². The topological polar surface area (TPSA) is 106 Å². The Hall–Kier alpha value is -3.14. The number of pyridine rings is 1. The molecule has 0 spiro atoms. The summed E-state index contributed by atoms with van der Waals surface area (Å²) in [5, 5.41) is 16.4. The number of anilines is 1. The van der Waals surface area contributed by atoms with Crippen LogP contribution in [0.25, 0.3) is 0 Å². The molecule has 4 heterocycles. The molecule has 1 N–H and O–H groups in total. The number of rotatable bonds is 5. The summed E-state index contributed by atoms with van der Waals surface area (Å²) in [6, 6.07) is 3.88. The highest BCUT2D eigenvalue weighted by molar-refractivity contribution is 7.15. The molecule has 9 nitrogen and oxygen atoms in total. The molecular weight excluding hydrogens is 402 g/mol. The molecule has 10 heteroatoms. The summed E-state index contributed by atoms with van der Waals surface area (Å²) in [7, 11) is 0. The minimum absolute atomic E-state index is 0.0790. The Kier molecular flexibility index (Phi) is 4.58. The lowest BCUT2D eigenvalue weighted by molar-refractivity contribution is 0.0681. The zero-order valence-electron chi connectivity index (χ0n) is 16.8. The molecule has 2 amide bonds. The minimum atomic E-state index is -0.336. The standard InChI is InChI=1S/C20H21N7O2S/c1-11-14(4-3-7-21-11)10-26-8-9-27-17(19(26)29)15(13-5-6-13)16(25-27)18(28)22-20-24-23-12(2)30-20/h3-4,7,13H,5-6,8-10H2,1-2H3,(H,22,24,28). The van der Waals surface area contributed by atoms with Crippen LogP contribution < -0.4 is 5.32 Å². The summed E-state index contributed by atoms with van der Waals surface area (Å²) in [5.74, 6) is -0.211. The Balaban J connectivity index is 1.46. The van der Waals surface area contributed by atoms with Crippen LogP contribution in [0, 0.1) is 13.8 Å². The van der Waals surface area contributed by atoms with Crippen molar-refractivity contribution >= 4 is 28.3 Å². The van der Waals surface area contributed by atoms with Crippen LogP contribution in [0.5, 0.6) is 0 Å². The molecule has 1 fully saturated rings. The number of carbonyl (C=O) groups excluding carboxylic acids is 2. The lowest BCUT2D eigenvalue weighted by atomic mass is 10.0. The molecule has 0 atom stereocenters. The average molecular weight is 424 g/mol.